The summed E-state index contributed by atoms with van der Waals surface area (Å²) in [7, 11) is 0. The highest BCUT2D eigenvalue weighted by Gasteiger charge is 2.69. The van der Waals surface area contributed by atoms with Crippen molar-refractivity contribution in [2.24, 2.45) is 50.7 Å². The second kappa shape index (κ2) is 12.0. The van der Waals surface area contributed by atoms with E-state index in [0.717, 1.165) is 56.8 Å². The fourth-order valence-corrected chi connectivity index (χ4v) is 13.5. The average molecular weight is 644 g/mol. The van der Waals surface area contributed by atoms with E-state index in [-0.39, 0.29) is 16.7 Å². The molecule has 1 aromatic rings. The molecule has 6 aliphatic rings. The van der Waals surface area contributed by atoms with E-state index in [1.807, 2.05) is 12.1 Å². The van der Waals surface area contributed by atoms with Gasteiger partial charge in [0.1, 0.15) is 0 Å². The number of benzene rings is 1. The minimum Gasteiger partial charge on any atom is -0.478 e. The minimum atomic E-state index is -0.855. The number of carboxylic acid groups (broad SMARTS) is 1. The van der Waals surface area contributed by atoms with Gasteiger partial charge in [0.25, 0.3) is 0 Å². The molecule has 6 nitrogen and oxygen atoms in total. The molecule has 7 rings (SSSR count). The second-order valence-electron chi connectivity index (χ2n) is 18.1. The molecule has 258 valence electrons. The number of nitrogens with zero attached hydrogens (tertiary/aromatic N) is 1. The fourth-order valence-electron chi connectivity index (χ4n) is 13.5. The third-order valence-electron chi connectivity index (χ3n) is 16.0. The summed E-state index contributed by atoms with van der Waals surface area (Å²) in [5, 5.41) is 16.4. The van der Waals surface area contributed by atoms with Crippen LogP contribution in [0.25, 0.3) is 5.57 Å². The number of aromatic carboxylic acids is 1. The van der Waals surface area contributed by atoms with E-state index in [1.54, 1.807) is 12.1 Å². The van der Waals surface area contributed by atoms with Gasteiger partial charge in [-0.05, 0) is 151 Å². The number of rotatable bonds is 8. The highest BCUT2D eigenvalue weighted by atomic mass is 16.4. The second-order valence-corrected chi connectivity index (χ2v) is 18.1. The zero-order valence-corrected chi connectivity index (χ0v) is 29.9. The predicted octanol–water partition coefficient (Wildman–Crippen LogP) is 7.65. The maximum atomic E-state index is 11.8. The van der Waals surface area contributed by atoms with E-state index >= 15 is 0 Å². The zero-order chi connectivity index (χ0) is 33.2. The topological polar surface area (TPSA) is 81.7 Å². The predicted molar refractivity (Wildman–Crippen MR) is 189 cm³/mol. The molecule has 5 aliphatic carbocycles. The van der Waals surface area contributed by atoms with Crippen molar-refractivity contribution < 1.29 is 14.7 Å². The average Bonchev–Trinajstić information content (AvgIpc) is 3.45. The number of allylic oxidation sites excluding steroid dienone is 2. The van der Waals surface area contributed by atoms with Gasteiger partial charge in [-0.1, -0.05) is 59.2 Å². The molecule has 0 bridgehead atoms. The molecule has 47 heavy (non-hydrogen) atoms. The van der Waals surface area contributed by atoms with E-state index in [0.29, 0.717) is 34.3 Å². The van der Waals surface area contributed by atoms with Crippen molar-refractivity contribution in [1.82, 2.24) is 15.5 Å². The molecule has 8 atom stereocenters. The third-order valence-corrected chi connectivity index (χ3v) is 16.0. The van der Waals surface area contributed by atoms with Gasteiger partial charge in [0, 0.05) is 19.6 Å². The number of hydrogen-bond donors (Lipinski definition) is 3. The monoisotopic (exact) mass is 643 g/mol. The van der Waals surface area contributed by atoms with E-state index < -0.39 is 5.97 Å². The van der Waals surface area contributed by atoms with Crippen LogP contribution in [0.3, 0.4) is 0 Å². The van der Waals surface area contributed by atoms with Gasteiger partial charge in [0.05, 0.1) is 12.1 Å². The fraction of sp³-hybridized carbons (Fsp3) is 0.756. The van der Waals surface area contributed by atoms with Gasteiger partial charge in [-0.2, -0.15) is 0 Å². The molecule has 4 saturated carbocycles. The smallest absolute Gasteiger partial charge is 0.335 e. The van der Waals surface area contributed by atoms with Crippen molar-refractivity contribution in [3.8, 4) is 0 Å². The normalized spacial score (nSPS) is 41.1. The van der Waals surface area contributed by atoms with Crippen LogP contribution in [0.1, 0.15) is 121 Å². The number of piperazine rings is 1. The van der Waals surface area contributed by atoms with Crippen LogP contribution < -0.4 is 10.6 Å². The highest BCUT2D eigenvalue weighted by Crippen LogP contribution is 2.77. The van der Waals surface area contributed by atoms with Gasteiger partial charge in [-0.25, -0.2) is 4.79 Å². The first-order chi connectivity index (χ1) is 22.3. The molecule has 1 heterocycles. The Kier molecular flexibility index (Phi) is 8.51. The van der Waals surface area contributed by atoms with Crippen LogP contribution in [0.4, 0.5) is 0 Å². The number of nitrogens with one attached hydrogen (secondary N) is 2. The van der Waals surface area contributed by atoms with E-state index in [4.69, 9.17) is 0 Å². The lowest BCUT2D eigenvalue weighted by molar-refractivity contribution is -0.222. The molecule has 1 aliphatic heterocycles. The van der Waals surface area contributed by atoms with E-state index in [2.05, 4.69) is 56.2 Å². The first-order valence-corrected chi connectivity index (χ1v) is 19.1. The Morgan fingerprint density at radius 1 is 0.936 bits per heavy atom. The maximum Gasteiger partial charge on any atom is 0.335 e. The Bertz CT molecular complexity index is 1400. The van der Waals surface area contributed by atoms with Gasteiger partial charge in [0.15, 0.2) is 0 Å². The molecule has 1 amide bonds. The largest absolute Gasteiger partial charge is 0.478 e. The Balaban J connectivity index is 1.06. The van der Waals surface area contributed by atoms with Gasteiger partial charge >= 0.3 is 5.97 Å². The van der Waals surface area contributed by atoms with Crippen LogP contribution >= 0.6 is 0 Å². The SMILES string of the molecule is CC1(C)C(c2ccc(C(=O)O)cc2)=CCC2(C)C1CCC1(C)C2CCC2C3CCCC3(CNCCCN3CCNC(=O)C3)CC[C@]21C. The van der Waals surface area contributed by atoms with Crippen molar-refractivity contribution in [1.29, 1.82) is 0 Å². The Labute approximate surface area is 283 Å². The first kappa shape index (κ1) is 33.3. The quantitative estimate of drug-likeness (QED) is 0.254. The molecule has 0 radical (unpaired) electrons. The van der Waals surface area contributed by atoms with Gasteiger partial charge in [-0.15, -0.1) is 0 Å². The number of amides is 1. The van der Waals surface area contributed by atoms with Gasteiger partial charge in [-0.3, -0.25) is 9.69 Å². The Hall–Kier alpha value is -2.18. The zero-order valence-electron chi connectivity index (χ0n) is 29.9. The summed E-state index contributed by atoms with van der Waals surface area (Å²) in [4.78, 5) is 25.6. The number of carboxylic acids is 1. The molecule has 3 N–H and O–H groups in total. The van der Waals surface area contributed by atoms with Crippen molar-refractivity contribution in [3.05, 3.63) is 41.5 Å². The maximum absolute atomic E-state index is 11.8. The van der Waals surface area contributed by atoms with E-state index in [9.17, 15) is 14.7 Å². The Morgan fingerprint density at radius 2 is 1.72 bits per heavy atom. The summed E-state index contributed by atoms with van der Waals surface area (Å²) >= 11 is 0. The lowest BCUT2D eigenvalue weighted by atomic mass is 9.32. The first-order valence-electron chi connectivity index (χ1n) is 19.1. The van der Waals surface area contributed by atoms with Crippen LogP contribution in [0.2, 0.25) is 0 Å². The van der Waals surface area contributed by atoms with Crippen LogP contribution in [0.5, 0.6) is 0 Å². The van der Waals surface area contributed by atoms with Crippen molar-refractivity contribution in [2.75, 3.05) is 39.3 Å². The molecular formula is C41H61N3O3. The summed E-state index contributed by atoms with van der Waals surface area (Å²) in [6, 6.07) is 7.64. The van der Waals surface area contributed by atoms with Gasteiger partial charge in [0.2, 0.25) is 5.91 Å². The summed E-state index contributed by atoms with van der Waals surface area (Å²) < 4.78 is 0. The molecule has 0 aromatic heterocycles. The lowest BCUT2D eigenvalue weighted by Gasteiger charge is -2.72. The number of carbonyl (C=O) groups excluding carboxylic acids is 1. The molecular weight excluding hydrogens is 582 g/mol. The molecule has 0 spiro atoms. The summed E-state index contributed by atoms with van der Waals surface area (Å²) in [5.74, 6) is 2.38. The van der Waals surface area contributed by atoms with E-state index in [1.165, 1.54) is 75.5 Å². The standard InChI is InChI=1S/C41H61N3O3/c1-37(2)30(28-9-11-29(12-10-28)36(46)47)15-18-38(3)33(37)16-19-40(5)34(38)14-13-31-32-8-6-17-41(32,21-20-39(31,40)4)27-42-22-7-24-44-25-23-43-35(45)26-44/h9-12,15,31-34,42H,6-8,13-14,16-27H2,1-5H3,(H,43,45)(H,46,47)/t31?,32?,33?,34?,38?,39-,40?,41?/m1/s1. The van der Waals surface area contributed by atoms with Crippen LogP contribution in [0, 0.1) is 50.7 Å². The van der Waals surface area contributed by atoms with Crippen molar-refractivity contribution in [3.63, 3.8) is 0 Å². The third kappa shape index (κ3) is 5.25. The van der Waals surface area contributed by atoms with Gasteiger partial charge < -0.3 is 15.7 Å². The number of carbonyl (C=O) groups is 2. The minimum absolute atomic E-state index is 0.0517. The van der Waals surface area contributed by atoms with Crippen LogP contribution in [-0.4, -0.2) is 61.2 Å². The summed E-state index contributed by atoms with van der Waals surface area (Å²) in [6.07, 6.45) is 17.2. The summed E-state index contributed by atoms with van der Waals surface area (Å²) in [6.45, 7) is 18.7. The molecule has 5 fully saturated rings. The molecule has 7 unspecified atom stereocenters. The van der Waals surface area contributed by atoms with Crippen molar-refractivity contribution in [2.45, 2.75) is 105 Å². The van der Waals surface area contributed by atoms with Crippen LogP contribution in [-0.2, 0) is 4.79 Å². The lowest BCUT2D eigenvalue weighted by Crippen LogP contribution is -2.65. The molecule has 6 heteroatoms. The molecule has 1 aromatic carbocycles. The summed E-state index contributed by atoms with van der Waals surface area (Å²) in [5.41, 5.74) is 4.56. The number of fused-ring (bicyclic) bond motifs is 7. The molecule has 1 saturated heterocycles. The Morgan fingerprint density at radius 3 is 2.47 bits per heavy atom. The van der Waals surface area contributed by atoms with Crippen molar-refractivity contribution >= 4 is 17.4 Å². The highest BCUT2D eigenvalue weighted by molar-refractivity contribution is 5.88. The number of hydrogen-bond acceptors (Lipinski definition) is 4. The van der Waals surface area contributed by atoms with Crippen LogP contribution in [0.15, 0.2) is 30.3 Å².